The standard InChI is InChI=1S/C28H34O2S2/c1-3-5-17-25(21-27(29)23-13-9-7-10-14-23)31-19-20-32-26(18-6-4-2)22-28(30)24-15-11-8-12-16-24/h7-16,21-22H,3-6,17-20H2,1-2H3/b25-21+,26-22+. The molecule has 2 aromatic carbocycles. The van der Waals surface area contributed by atoms with Gasteiger partial charge in [-0.05, 0) is 47.6 Å². The van der Waals surface area contributed by atoms with Crippen molar-refractivity contribution in [1.82, 2.24) is 0 Å². The lowest BCUT2D eigenvalue weighted by molar-refractivity contribution is 0.103. The number of ketones is 2. The van der Waals surface area contributed by atoms with Gasteiger partial charge in [0, 0.05) is 22.6 Å². The summed E-state index contributed by atoms with van der Waals surface area (Å²) in [5.74, 6) is 2.00. The highest BCUT2D eigenvalue weighted by atomic mass is 32.2. The van der Waals surface area contributed by atoms with E-state index in [-0.39, 0.29) is 11.6 Å². The van der Waals surface area contributed by atoms with Crippen molar-refractivity contribution in [2.75, 3.05) is 11.5 Å². The summed E-state index contributed by atoms with van der Waals surface area (Å²) >= 11 is 3.55. The first-order valence-electron chi connectivity index (χ1n) is 11.5. The fourth-order valence-electron chi connectivity index (χ4n) is 3.08. The Balaban J connectivity index is 1.95. The van der Waals surface area contributed by atoms with Crippen molar-refractivity contribution in [2.24, 2.45) is 0 Å². The molecule has 32 heavy (non-hydrogen) atoms. The molecule has 0 aromatic heterocycles. The normalized spacial score (nSPS) is 12.1. The SMILES string of the molecule is CCCC/C(=C\C(=O)c1ccccc1)SCCS/C(=C/C(=O)c1ccccc1)CCCC. The van der Waals surface area contributed by atoms with Gasteiger partial charge in [0.2, 0.25) is 0 Å². The Morgan fingerprint density at radius 3 is 1.38 bits per heavy atom. The smallest absolute Gasteiger partial charge is 0.186 e. The Morgan fingerprint density at radius 2 is 1.03 bits per heavy atom. The second-order valence-electron chi connectivity index (χ2n) is 7.59. The Labute approximate surface area is 202 Å². The number of rotatable bonds is 15. The van der Waals surface area contributed by atoms with E-state index in [0.29, 0.717) is 0 Å². The molecule has 0 amide bonds. The van der Waals surface area contributed by atoms with E-state index in [1.54, 1.807) is 23.5 Å². The zero-order valence-corrected chi connectivity index (χ0v) is 20.9. The van der Waals surface area contributed by atoms with Crippen LogP contribution in [0.4, 0.5) is 0 Å². The van der Waals surface area contributed by atoms with Gasteiger partial charge in [0.15, 0.2) is 11.6 Å². The van der Waals surface area contributed by atoms with Crippen LogP contribution in [0.3, 0.4) is 0 Å². The molecule has 2 rings (SSSR count). The van der Waals surface area contributed by atoms with Crippen LogP contribution in [0, 0.1) is 0 Å². The van der Waals surface area contributed by atoms with Crippen molar-refractivity contribution >= 4 is 35.1 Å². The first-order chi connectivity index (χ1) is 15.6. The van der Waals surface area contributed by atoms with Crippen LogP contribution in [0.2, 0.25) is 0 Å². The summed E-state index contributed by atoms with van der Waals surface area (Å²) in [4.78, 5) is 27.5. The van der Waals surface area contributed by atoms with Crippen molar-refractivity contribution in [3.8, 4) is 0 Å². The summed E-state index contributed by atoms with van der Waals surface area (Å²) in [6, 6.07) is 18.9. The zero-order valence-electron chi connectivity index (χ0n) is 19.2. The lowest BCUT2D eigenvalue weighted by Crippen LogP contribution is -1.98. The van der Waals surface area contributed by atoms with Gasteiger partial charge in [-0.15, -0.1) is 23.5 Å². The number of unbranched alkanes of at least 4 members (excludes halogenated alkanes) is 2. The summed E-state index contributed by atoms with van der Waals surface area (Å²) < 4.78 is 0. The number of hydrogen-bond acceptors (Lipinski definition) is 4. The van der Waals surface area contributed by atoms with Gasteiger partial charge < -0.3 is 0 Å². The van der Waals surface area contributed by atoms with Crippen LogP contribution in [-0.2, 0) is 0 Å². The molecule has 2 aromatic rings. The quantitative estimate of drug-likeness (QED) is 0.150. The lowest BCUT2D eigenvalue weighted by Gasteiger charge is -2.09. The second kappa shape index (κ2) is 15.7. The van der Waals surface area contributed by atoms with Crippen LogP contribution in [-0.4, -0.2) is 23.1 Å². The van der Waals surface area contributed by atoms with Crippen molar-refractivity contribution in [1.29, 1.82) is 0 Å². The topological polar surface area (TPSA) is 34.1 Å². The van der Waals surface area contributed by atoms with E-state index in [1.165, 1.54) is 0 Å². The van der Waals surface area contributed by atoms with E-state index in [0.717, 1.165) is 71.0 Å². The van der Waals surface area contributed by atoms with Gasteiger partial charge in [-0.25, -0.2) is 0 Å². The summed E-state index contributed by atoms with van der Waals surface area (Å²) in [7, 11) is 0. The highest BCUT2D eigenvalue weighted by Crippen LogP contribution is 2.28. The number of allylic oxidation sites excluding steroid dienone is 4. The summed E-state index contributed by atoms with van der Waals surface area (Å²) in [6.45, 7) is 4.34. The van der Waals surface area contributed by atoms with Crippen LogP contribution in [0.15, 0.2) is 82.6 Å². The molecule has 0 saturated heterocycles. The molecular weight excluding hydrogens is 432 g/mol. The van der Waals surface area contributed by atoms with Crippen LogP contribution in [0.25, 0.3) is 0 Å². The van der Waals surface area contributed by atoms with E-state index < -0.39 is 0 Å². The minimum atomic E-state index is 0.0776. The second-order valence-corrected chi connectivity index (χ2v) is 10.0. The maximum atomic E-state index is 12.6. The molecular formula is C28H34O2S2. The Hall–Kier alpha value is -2.04. The molecule has 0 aliphatic carbocycles. The van der Waals surface area contributed by atoms with Gasteiger partial charge >= 0.3 is 0 Å². The lowest BCUT2D eigenvalue weighted by atomic mass is 10.1. The van der Waals surface area contributed by atoms with Crippen molar-refractivity contribution in [2.45, 2.75) is 52.4 Å². The summed E-state index contributed by atoms with van der Waals surface area (Å²) in [6.07, 6.45) is 9.89. The molecule has 4 heteroatoms. The van der Waals surface area contributed by atoms with Crippen molar-refractivity contribution in [3.05, 3.63) is 93.8 Å². The van der Waals surface area contributed by atoms with Gasteiger partial charge in [0.1, 0.15) is 0 Å². The van der Waals surface area contributed by atoms with Gasteiger partial charge in [-0.3, -0.25) is 9.59 Å². The van der Waals surface area contributed by atoms with Crippen LogP contribution >= 0.6 is 23.5 Å². The Bertz CT molecular complexity index is 811. The van der Waals surface area contributed by atoms with Crippen LogP contribution in [0.5, 0.6) is 0 Å². The number of carbonyl (C=O) groups excluding carboxylic acids is 2. The van der Waals surface area contributed by atoms with E-state index in [1.807, 2.05) is 72.8 Å². The number of thioether (sulfide) groups is 2. The third-order valence-electron chi connectivity index (χ3n) is 4.91. The maximum Gasteiger partial charge on any atom is 0.186 e. The minimum Gasteiger partial charge on any atom is -0.289 e. The highest BCUT2D eigenvalue weighted by molar-refractivity contribution is 8.06. The molecule has 0 spiro atoms. The molecule has 0 N–H and O–H groups in total. The average Bonchev–Trinajstić information content (AvgIpc) is 2.84. The van der Waals surface area contributed by atoms with E-state index >= 15 is 0 Å². The fourth-order valence-corrected chi connectivity index (χ4v) is 5.23. The van der Waals surface area contributed by atoms with Crippen LogP contribution < -0.4 is 0 Å². The van der Waals surface area contributed by atoms with Gasteiger partial charge in [-0.2, -0.15) is 0 Å². The maximum absolute atomic E-state index is 12.6. The molecule has 2 nitrogen and oxygen atoms in total. The first-order valence-corrected chi connectivity index (χ1v) is 13.5. The monoisotopic (exact) mass is 466 g/mol. The van der Waals surface area contributed by atoms with Gasteiger partial charge in [-0.1, -0.05) is 87.4 Å². The third-order valence-corrected chi connectivity index (χ3v) is 7.37. The number of benzene rings is 2. The molecule has 0 bridgehead atoms. The van der Waals surface area contributed by atoms with Crippen LogP contribution in [0.1, 0.15) is 73.1 Å². The molecule has 0 unspecified atom stereocenters. The van der Waals surface area contributed by atoms with E-state index in [2.05, 4.69) is 13.8 Å². The number of carbonyl (C=O) groups is 2. The number of hydrogen-bond donors (Lipinski definition) is 0. The van der Waals surface area contributed by atoms with E-state index in [4.69, 9.17) is 0 Å². The molecule has 170 valence electrons. The van der Waals surface area contributed by atoms with Gasteiger partial charge in [0.05, 0.1) is 0 Å². The fraction of sp³-hybridized carbons (Fsp3) is 0.357. The predicted molar refractivity (Wildman–Crippen MR) is 142 cm³/mol. The van der Waals surface area contributed by atoms with Crippen molar-refractivity contribution in [3.63, 3.8) is 0 Å². The third kappa shape index (κ3) is 10.1. The summed E-state index contributed by atoms with van der Waals surface area (Å²) in [5, 5.41) is 0. The predicted octanol–water partition coefficient (Wildman–Crippen LogP) is 8.37. The average molecular weight is 467 g/mol. The Kier molecular flexibility index (Phi) is 12.9. The largest absolute Gasteiger partial charge is 0.289 e. The van der Waals surface area contributed by atoms with Gasteiger partial charge in [0.25, 0.3) is 0 Å². The van der Waals surface area contributed by atoms with Crippen molar-refractivity contribution < 1.29 is 9.59 Å². The summed E-state index contributed by atoms with van der Waals surface area (Å²) in [5.41, 5.74) is 1.47. The minimum absolute atomic E-state index is 0.0776. The first kappa shape index (κ1) is 26.2. The molecule has 0 radical (unpaired) electrons. The van der Waals surface area contributed by atoms with E-state index in [9.17, 15) is 9.59 Å². The molecule has 0 fully saturated rings. The molecule has 0 saturated carbocycles. The highest BCUT2D eigenvalue weighted by Gasteiger charge is 2.08. The molecule has 0 aliphatic rings. The molecule has 0 aliphatic heterocycles. The molecule has 0 atom stereocenters. The molecule has 0 heterocycles. The Morgan fingerprint density at radius 1 is 0.656 bits per heavy atom. The zero-order chi connectivity index (χ0) is 23.0.